The average Bonchev–Trinajstić information content (AvgIpc) is 2.52. The Morgan fingerprint density at radius 1 is 1.24 bits per heavy atom. The summed E-state index contributed by atoms with van der Waals surface area (Å²) in [6.45, 7) is 9.01. The molecule has 0 unspecified atom stereocenters. The summed E-state index contributed by atoms with van der Waals surface area (Å²) in [5.41, 5.74) is 0.576. The number of likely N-dealkylation sites (tertiary alicyclic amines) is 2. The van der Waals surface area contributed by atoms with Crippen molar-refractivity contribution in [3.8, 4) is 5.75 Å². The maximum absolute atomic E-state index is 12.2. The molecule has 0 N–H and O–H groups in total. The minimum atomic E-state index is -0.453. The number of piperidine rings is 1. The van der Waals surface area contributed by atoms with Gasteiger partial charge in [-0.25, -0.2) is 4.79 Å². The topological polar surface area (TPSA) is 54.9 Å². The Morgan fingerprint density at radius 2 is 1.92 bits per heavy atom. The molecule has 2 saturated heterocycles. The number of aromatic nitrogens is 1. The molecule has 6 heteroatoms. The van der Waals surface area contributed by atoms with Crippen LogP contribution in [-0.4, -0.2) is 65.8 Å². The number of likely N-dealkylation sites (N-methyl/N-ethyl adjacent to an activating group) is 1. The third kappa shape index (κ3) is 4.63. The second kappa shape index (κ2) is 7.20. The summed E-state index contributed by atoms with van der Waals surface area (Å²) in [5.74, 6) is 1.23. The van der Waals surface area contributed by atoms with E-state index in [0.29, 0.717) is 19.0 Å². The lowest BCUT2D eigenvalue weighted by molar-refractivity contribution is 0.0200. The van der Waals surface area contributed by atoms with Crippen molar-refractivity contribution in [2.45, 2.75) is 51.2 Å². The second-order valence-electron chi connectivity index (χ2n) is 8.09. The van der Waals surface area contributed by atoms with Crippen LogP contribution in [0, 0.1) is 0 Å². The molecule has 0 aromatic carbocycles. The molecule has 138 valence electrons. The zero-order valence-electron chi connectivity index (χ0n) is 15.7. The third-order valence-electron chi connectivity index (χ3n) is 4.66. The molecule has 6 nitrogen and oxygen atoms in total. The number of carbonyl (C=O) groups is 1. The van der Waals surface area contributed by atoms with Gasteiger partial charge in [0.15, 0.2) is 0 Å². The first-order valence-electron chi connectivity index (χ1n) is 9.10. The molecular formula is C19H29N3O3. The van der Waals surface area contributed by atoms with Gasteiger partial charge in [0.05, 0.1) is 5.69 Å². The fourth-order valence-electron chi connectivity index (χ4n) is 3.37. The molecule has 2 aliphatic rings. The molecule has 0 radical (unpaired) electrons. The van der Waals surface area contributed by atoms with Gasteiger partial charge in [0.2, 0.25) is 0 Å². The van der Waals surface area contributed by atoms with Crippen molar-refractivity contribution in [3.63, 3.8) is 0 Å². The Morgan fingerprint density at radius 3 is 2.52 bits per heavy atom. The average molecular weight is 347 g/mol. The van der Waals surface area contributed by atoms with Gasteiger partial charge in [-0.05, 0) is 52.8 Å². The van der Waals surface area contributed by atoms with Crippen molar-refractivity contribution < 1.29 is 14.3 Å². The molecule has 1 aromatic rings. The van der Waals surface area contributed by atoms with Crippen LogP contribution in [0.5, 0.6) is 5.75 Å². The van der Waals surface area contributed by atoms with Crippen molar-refractivity contribution in [1.29, 1.82) is 0 Å². The number of rotatable bonds is 3. The van der Waals surface area contributed by atoms with Gasteiger partial charge in [-0.2, -0.15) is 0 Å². The largest absolute Gasteiger partial charge is 0.486 e. The Bertz CT molecular complexity index is 600. The molecule has 3 rings (SSSR count). The molecule has 1 amide bonds. The summed E-state index contributed by atoms with van der Waals surface area (Å²) in [5, 5.41) is 0. The SMILES string of the molecule is CN1CC(Oc2cccnc2C2CCN(C(=O)OC(C)(C)C)CC2)C1. The van der Waals surface area contributed by atoms with Gasteiger partial charge < -0.3 is 14.4 Å². The van der Waals surface area contributed by atoms with Crippen LogP contribution in [0.4, 0.5) is 4.79 Å². The Balaban J connectivity index is 1.58. The number of ether oxygens (including phenoxy) is 2. The lowest BCUT2D eigenvalue weighted by Gasteiger charge is -2.37. The number of hydrogen-bond donors (Lipinski definition) is 0. The molecule has 0 bridgehead atoms. The van der Waals surface area contributed by atoms with E-state index in [0.717, 1.165) is 37.4 Å². The molecule has 3 heterocycles. The summed E-state index contributed by atoms with van der Waals surface area (Å²) < 4.78 is 11.6. The van der Waals surface area contributed by atoms with Gasteiger partial charge in [-0.1, -0.05) is 0 Å². The summed E-state index contributed by atoms with van der Waals surface area (Å²) in [4.78, 5) is 20.8. The lowest BCUT2D eigenvalue weighted by Crippen LogP contribution is -2.51. The smallest absolute Gasteiger partial charge is 0.410 e. The predicted molar refractivity (Wildman–Crippen MR) is 95.9 cm³/mol. The van der Waals surface area contributed by atoms with Crippen molar-refractivity contribution in [2.24, 2.45) is 0 Å². The van der Waals surface area contributed by atoms with Crippen molar-refractivity contribution >= 4 is 6.09 Å². The fourth-order valence-corrected chi connectivity index (χ4v) is 3.37. The zero-order valence-corrected chi connectivity index (χ0v) is 15.7. The van der Waals surface area contributed by atoms with E-state index >= 15 is 0 Å². The lowest BCUT2D eigenvalue weighted by atomic mass is 9.92. The van der Waals surface area contributed by atoms with E-state index in [1.54, 1.807) is 4.90 Å². The van der Waals surface area contributed by atoms with E-state index < -0.39 is 5.60 Å². The number of amides is 1. The van der Waals surface area contributed by atoms with Gasteiger partial charge >= 0.3 is 6.09 Å². The van der Waals surface area contributed by atoms with Gasteiger partial charge in [-0.3, -0.25) is 9.88 Å². The quantitative estimate of drug-likeness (QED) is 0.841. The first-order chi connectivity index (χ1) is 11.8. The predicted octanol–water partition coefficient (Wildman–Crippen LogP) is 2.89. The first kappa shape index (κ1) is 18.0. The van der Waals surface area contributed by atoms with E-state index in [1.165, 1.54) is 0 Å². The molecule has 0 saturated carbocycles. The minimum Gasteiger partial charge on any atom is -0.486 e. The van der Waals surface area contributed by atoms with E-state index in [4.69, 9.17) is 9.47 Å². The van der Waals surface area contributed by atoms with Gasteiger partial charge in [0.25, 0.3) is 0 Å². The van der Waals surface area contributed by atoms with Crippen LogP contribution >= 0.6 is 0 Å². The summed E-state index contributed by atoms with van der Waals surface area (Å²) >= 11 is 0. The van der Waals surface area contributed by atoms with Crippen LogP contribution in [0.1, 0.15) is 45.2 Å². The normalized spacial score (nSPS) is 20.2. The molecule has 2 fully saturated rings. The number of nitrogens with zero attached hydrogens (tertiary/aromatic N) is 3. The summed E-state index contributed by atoms with van der Waals surface area (Å²) in [7, 11) is 2.09. The highest BCUT2D eigenvalue weighted by atomic mass is 16.6. The molecule has 0 atom stereocenters. The van der Waals surface area contributed by atoms with E-state index in [1.807, 2.05) is 39.1 Å². The summed E-state index contributed by atoms with van der Waals surface area (Å²) in [6.07, 6.45) is 3.64. The Hall–Kier alpha value is -1.82. The highest BCUT2D eigenvalue weighted by Gasteiger charge is 2.31. The van der Waals surface area contributed by atoms with Gasteiger partial charge in [0, 0.05) is 38.3 Å². The van der Waals surface area contributed by atoms with Crippen LogP contribution in [0.25, 0.3) is 0 Å². The van der Waals surface area contributed by atoms with E-state index in [-0.39, 0.29) is 12.2 Å². The minimum absolute atomic E-state index is 0.221. The maximum atomic E-state index is 12.2. The molecule has 1 aromatic heterocycles. The summed E-state index contributed by atoms with van der Waals surface area (Å²) in [6, 6.07) is 3.94. The standard InChI is InChI=1S/C19H29N3O3/c1-19(2,3)25-18(23)22-10-7-14(8-11-22)17-16(6-5-9-20-17)24-15-12-21(4)13-15/h5-6,9,14-15H,7-8,10-13H2,1-4H3. The van der Waals surface area contributed by atoms with Crippen LogP contribution in [0.2, 0.25) is 0 Å². The third-order valence-corrected chi connectivity index (χ3v) is 4.66. The number of carbonyl (C=O) groups excluding carboxylic acids is 1. The van der Waals surface area contributed by atoms with E-state index in [9.17, 15) is 4.79 Å². The first-order valence-corrected chi connectivity index (χ1v) is 9.10. The number of hydrogen-bond acceptors (Lipinski definition) is 5. The Labute approximate surface area is 150 Å². The second-order valence-corrected chi connectivity index (χ2v) is 8.09. The van der Waals surface area contributed by atoms with Crippen LogP contribution in [-0.2, 0) is 4.74 Å². The van der Waals surface area contributed by atoms with E-state index in [2.05, 4.69) is 16.9 Å². The highest BCUT2D eigenvalue weighted by molar-refractivity contribution is 5.68. The maximum Gasteiger partial charge on any atom is 0.410 e. The monoisotopic (exact) mass is 347 g/mol. The fraction of sp³-hybridized carbons (Fsp3) is 0.684. The van der Waals surface area contributed by atoms with Crippen LogP contribution in [0.3, 0.4) is 0 Å². The molecule has 2 aliphatic heterocycles. The van der Waals surface area contributed by atoms with Gasteiger partial charge in [-0.15, -0.1) is 0 Å². The van der Waals surface area contributed by atoms with Crippen molar-refractivity contribution in [3.05, 3.63) is 24.0 Å². The highest BCUT2D eigenvalue weighted by Crippen LogP contribution is 2.34. The molecule has 25 heavy (non-hydrogen) atoms. The molecular weight excluding hydrogens is 318 g/mol. The Kier molecular flexibility index (Phi) is 5.18. The van der Waals surface area contributed by atoms with Crippen LogP contribution < -0.4 is 4.74 Å². The van der Waals surface area contributed by atoms with Crippen LogP contribution in [0.15, 0.2) is 18.3 Å². The molecule has 0 aliphatic carbocycles. The van der Waals surface area contributed by atoms with Gasteiger partial charge in [0.1, 0.15) is 17.5 Å². The number of pyridine rings is 1. The van der Waals surface area contributed by atoms with Crippen molar-refractivity contribution in [2.75, 3.05) is 33.2 Å². The van der Waals surface area contributed by atoms with Crippen molar-refractivity contribution in [1.82, 2.24) is 14.8 Å². The molecule has 0 spiro atoms. The zero-order chi connectivity index (χ0) is 18.0.